The zero-order chi connectivity index (χ0) is 10.7. The Hall–Kier alpha value is -1.35. The van der Waals surface area contributed by atoms with Gasteiger partial charge in [0, 0.05) is 0 Å². The van der Waals surface area contributed by atoms with Gasteiger partial charge in [-0.15, -0.1) is 0 Å². The standard InChI is InChI=1S/C11H15NO2/c1-7(2)8-5-3-4-6-9(8)10(12)11(13)14/h3-7,10H,12H2,1-2H3,(H,13,14)/t10-/m0/s1. The molecule has 0 heterocycles. The van der Waals surface area contributed by atoms with Crippen molar-refractivity contribution in [2.75, 3.05) is 0 Å². The highest BCUT2D eigenvalue weighted by atomic mass is 16.4. The molecule has 76 valence electrons. The molecule has 0 radical (unpaired) electrons. The lowest BCUT2D eigenvalue weighted by atomic mass is 9.93. The number of aliphatic carboxylic acids is 1. The lowest BCUT2D eigenvalue weighted by Crippen LogP contribution is -2.22. The van der Waals surface area contributed by atoms with Crippen molar-refractivity contribution in [3.8, 4) is 0 Å². The summed E-state index contributed by atoms with van der Waals surface area (Å²) in [5.74, 6) is -0.699. The van der Waals surface area contributed by atoms with Gasteiger partial charge in [-0.25, -0.2) is 0 Å². The van der Waals surface area contributed by atoms with Crippen LogP contribution in [0.5, 0.6) is 0 Å². The molecule has 0 aliphatic heterocycles. The second-order valence-corrected chi connectivity index (χ2v) is 3.60. The number of benzene rings is 1. The Morgan fingerprint density at radius 1 is 1.29 bits per heavy atom. The third-order valence-electron chi connectivity index (χ3n) is 2.22. The van der Waals surface area contributed by atoms with E-state index in [1.165, 1.54) is 0 Å². The molecule has 1 rings (SSSR count). The maximum Gasteiger partial charge on any atom is 0.325 e. The number of hydrogen-bond acceptors (Lipinski definition) is 2. The molecule has 3 heteroatoms. The van der Waals surface area contributed by atoms with Crippen LogP contribution in [0.3, 0.4) is 0 Å². The molecule has 0 amide bonds. The molecule has 0 bridgehead atoms. The second-order valence-electron chi connectivity index (χ2n) is 3.60. The summed E-state index contributed by atoms with van der Waals surface area (Å²) in [5, 5.41) is 8.82. The fourth-order valence-electron chi connectivity index (χ4n) is 1.45. The molecule has 3 N–H and O–H groups in total. The Kier molecular flexibility index (Phi) is 3.25. The van der Waals surface area contributed by atoms with E-state index in [2.05, 4.69) is 0 Å². The van der Waals surface area contributed by atoms with E-state index in [-0.39, 0.29) is 5.92 Å². The highest BCUT2D eigenvalue weighted by molar-refractivity contribution is 5.75. The molecule has 0 aromatic heterocycles. The summed E-state index contributed by atoms with van der Waals surface area (Å²) in [5.41, 5.74) is 7.28. The smallest absolute Gasteiger partial charge is 0.325 e. The third kappa shape index (κ3) is 2.12. The highest BCUT2D eigenvalue weighted by Gasteiger charge is 2.18. The fraction of sp³-hybridized carbons (Fsp3) is 0.364. The molecule has 0 unspecified atom stereocenters. The van der Waals surface area contributed by atoms with Crippen molar-refractivity contribution in [1.29, 1.82) is 0 Å². The van der Waals surface area contributed by atoms with Gasteiger partial charge in [0.05, 0.1) is 0 Å². The highest BCUT2D eigenvalue weighted by Crippen LogP contribution is 2.23. The van der Waals surface area contributed by atoms with Crippen LogP contribution in [-0.2, 0) is 4.79 Å². The maximum absolute atomic E-state index is 10.7. The summed E-state index contributed by atoms with van der Waals surface area (Å²) >= 11 is 0. The first-order valence-corrected chi connectivity index (χ1v) is 4.61. The van der Waals surface area contributed by atoms with Crippen LogP contribution < -0.4 is 5.73 Å². The van der Waals surface area contributed by atoms with Gasteiger partial charge in [0.2, 0.25) is 0 Å². The van der Waals surface area contributed by atoms with Gasteiger partial charge in [0.1, 0.15) is 6.04 Å². The lowest BCUT2D eigenvalue weighted by molar-refractivity contribution is -0.138. The molecule has 0 saturated carbocycles. The Labute approximate surface area is 83.6 Å². The predicted octanol–water partition coefficient (Wildman–Crippen LogP) is 1.89. The van der Waals surface area contributed by atoms with Crippen molar-refractivity contribution in [1.82, 2.24) is 0 Å². The summed E-state index contributed by atoms with van der Waals surface area (Å²) in [6.45, 7) is 4.04. The van der Waals surface area contributed by atoms with E-state index < -0.39 is 12.0 Å². The van der Waals surface area contributed by atoms with Gasteiger partial charge in [-0.2, -0.15) is 0 Å². The van der Waals surface area contributed by atoms with E-state index in [0.717, 1.165) is 5.56 Å². The molecule has 0 saturated heterocycles. The van der Waals surface area contributed by atoms with Gasteiger partial charge >= 0.3 is 5.97 Å². The van der Waals surface area contributed by atoms with Crippen LogP contribution in [0.2, 0.25) is 0 Å². The first kappa shape index (κ1) is 10.7. The number of carbonyl (C=O) groups is 1. The van der Waals surface area contributed by atoms with Crippen molar-refractivity contribution in [3.63, 3.8) is 0 Å². The van der Waals surface area contributed by atoms with E-state index >= 15 is 0 Å². The molecule has 0 spiro atoms. The van der Waals surface area contributed by atoms with E-state index in [1.54, 1.807) is 6.07 Å². The van der Waals surface area contributed by atoms with Crippen molar-refractivity contribution in [2.24, 2.45) is 5.73 Å². The number of carboxylic acids is 1. The van der Waals surface area contributed by atoms with Gasteiger partial charge in [-0.05, 0) is 17.0 Å². The molecule has 0 fully saturated rings. The Morgan fingerprint density at radius 3 is 2.21 bits per heavy atom. The van der Waals surface area contributed by atoms with Gasteiger partial charge in [-0.1, -0.05) is 38.1 Å². The van der Waals surface area contributed by atoms with Gasteiger partial charge in [0.15, 0.2) is 0 Å². The summed E-state index contributed by atoms with van der Waals surface area (Å²) < 4.78 is 0. The van der Waals surface area contributed by atoms with E-state index in [1.807, 2.05) is 32.0 Å². The Morgan fingerprint density at radius 2 is 1.79 bits per heavy atom. The van der Waals surface area contributed by atoms with Crippen LogP contribution >= 0.6 is 0 Å². The largest absolute Gasteiger partial charge is 0.480 e. The van der Waals surface area contributed by atoms with Crippen LogP contribution in [0.4, 0.5) is 0 Å². The molecule has 1 aromatic rings. The molecular weight excluding hydrogens is 178 g/mol. The first-order chi connectivity index (χ1) is 6.54. The second kappa shape index (κ2) is 4.24. The van der Waals surface area contributed by atoms with Crippen molar-refractivity contribution >= 4 is 5.97 Å². The molecule has 1 atom stereocenters. The normalized spacial score (nSPS) is 12.9. The molecule has 3 nitrogen and oxygen atoms in total. The minimum Gasteiger partial charge on any atom is -0.480 e. The predicted molar refractivity (Wildman–Crippen MR) is 55.1 cm³/mol. The summed E-state index contributed by atoms with van der Waals surface area (Å²) in [4.78, 5) is 10.7. The third-order valence-corrected chi connectivity index (χ3v) is 2.22. The summed E-state index contributed by atoms with van der Waals surface area (Å²) in [6.07, 6.45) is 0. The van der Waals surface area contributed by atoms with E-state index in [4.69, 9.17) is 10.8 Å². The number of nitrogens with two attached hydrogens (primary N) is 1. The molecule has 0 aliphatic rings. The van der Waals surface area contributed by atoms with Crippen molar-refractivity contribution in [2.45, 2.75) is 25.8 Å². The topological polar surface area (TPSA) is 63.3 Å². The van der Waals surface area contributed by atoms with E-state index in [0.29, 0.717) is 5.56 Å². The van der Waals surface area contributed by atoms with Crippen LogP contribution in [0.25, 0.3) is 0 Å². The molecule has 1 aromatic carbocycles. The lowest BCUT2D eigenvalue weighted by Gasteiger charge is -2.15. The van der Waals surface area contributed by atoms with Gasteiger partial charge < -0.3 is 10.8 Å². The minimum absolute atomic E-state index is 0.289. The van der Waals surface area contributed by atoms with Gasteiger partial charge in [-0.3, -0.25) is 4.79 Å². The molecule has 0 aliphatic carbocycles. The SMILES string of the molecule is CC(C)c1ccccc1[C@H](N)C(=O)O. The summed E-state index contributed by atoms with van der Waals surface area (Å²) in [7, 11) is 0. The average Bonchev–Trinajstić information content (AvgIpc) is 2.16. The maximum atomic E-state index is 10.7. The van der Waals surface area contributed by atoms with Gasteiger partial charge in [0.25, 0.3) is 0 Å². The molecule has 14 heavy (non-hydrogen) atoms. The zero-order valence-corrected chi connectivity index (χ0v) is 8.40. The van der Waals surface area contributed by atoms with Crippen LogP contribution in [-0.4, -0.2) is 11.1 Å². The Bertz CT molecular complexity index is 334. The fourth-order valence-corrected chi connectivity index (χ4v) is 1.45. The van der Waals surface area contributed by atoms with Crippen LogP contribution in [0, 0.1) is 0 Å². The summed E-state index contributed by atoms with van der Waals surface area (Å²) in [6, 6.07) is 6.47. The van der Waals surface area contributed by atoms with Crippen LogP contribution in [0.1, 0.15) is 36.9 Å². The Balaban J connectivity index is 3.13. The number of carboxylic acid groups (broad SMARTS) is 1. The quantitative estimate of drug-likeness (QED) is 0.770. The first-order valence-electron chi connectivity index (χ1n) is 4.61. The minimum atomic E-state index is -0.988. The average molecular weight is 193 g/mol. The number of hydrogen-bond donors (Lipinski definition) is 2. The monoisotopic (exact) mass is 193 g/mol. The van der Waals surface area contributed by atoms with Crippen molar-refractivity contribution < 1.29 is 9.90 Å². The van der Waals surface area contributed by atoms with Crippen molar-refractivity contribution in [3.05, 3.63) is 35.4 Å². The zero-order valence-electron chi connectivity index (χ0n) is 8.40. The van der Waals surface area contributed by atoms with E-state index in [9.17, 15) is 4.79 Å². The number of rotatable bonds is 3. The van der Waals surface area contributed by atoms with Crippen LogP contribution in [0.15, 0.2) is 24.3 Å². The molecular formula is C11H15NO2.